The standard InChI is InChI=1S/C20H20Cl3NOS/c1-13-6-8-24(9-7-13)20(26)14-3-5-19(18(23)10-14)25-12-15-2-4-16(21)11-17(15)22/h2-5,10-11,13H,6-9,12H2,1H3. The molecule has 0 unspecified atom stereocenters. The second kappa shape index (κ2) is 8.79. The Labute approximate surface area is 175 Å². The minimum atomic E-state index is 0.323. The van der Waals surface area contributed by atoms with Gasteiger partial charge in [-0.05, 0) is 49.1 Å². The van der Waals surface area contributed by atoms with Gasteiger partial charge in [-0.2, -0.15) is 0 Å². The molecule has 0 amide bonds. The first-order valence-electron chi connectivity index (χ1n) is 8.59. The van der Waals surface area contributed by atoms with E-state index in [0.29, 0.717) is 27.4 Å². The molecule has 2 nitrogen and oxygen atoms in total. The number of piperidine rings is 1. The highest BCUT2D eigenvalue weighted by Gasteiger charge is 2.19. The Hall–Kier alpha value is -1.000. The Morgan fingerprint density at radius 3 is 2.46 bits per heavy atom. The predicted molar refractivity (Wildman–Crippen MR) is 114 cm³/mol. The van der Waals surface area contributed by atoms with Crippen molar-refractivity contribution in [2.75, 3.05) is 13.1 Å². The number of thiocarbonyl (C=S) groups is 1. The zero-order valence-electron chi connectivity index (χ0n) is 14.5. The van der Waals surface area contributed by atoms with E-state index in [1.165, 1.54) is 12.8 Å². The Morgan fingerprint density at radius 2 is 1.81 bits per heavy atom. The quantitative estimate of drug-likeness (QED) is 0.507. The van der Waals surface area contributed by atoms with Gasteiger partial charge in [0.2, 0.25) is 0 Å². The molecule has 6 heteroatoms. The number of hydrogen-bond acceptors (Lipinski definition) is 2. The lowest BCUT2D eigenvalue weighted by atomic mass is 9.99. The van der Waals surface area contributed by atoms with Crippen LogP contribution < -0.4 is 4.74 Å². The molecule has 3 rings (SSSR count). The molecule has 1 fully saturated rings. The molecule has 0 bridgehead atoms. The summed E-state index contributed by atoms with van der Waals surface area (Å²) in [6, 6.07) is 11.0. The normalized spacial score (nSPS) is 15.2. The molecule has 0 atom stereocenters. The number of likely N-dealkylation sites (tertiary alicyclic amines) is 1. The van der Waals surface area contributed by atoms with E-state index in [1.807, 2.05) is 24.3 Å². The molecule has 26 heavy (non-hydrogen) atoms. The topological polar surface area (TPSA) is 12.5 Å². The van der Waals surface area contributed by atoms with Crippen molar-refractivity contribution in [1.82, 2.24) is 4.90 Å². The highest BCUT2D eigenvalue weighted by atomic mass is 35.5. The van der Waals surface area contributed by atoms with Crippen LogP contribution in [0.15, 0.2) is 36.4 Å². The van der Waals surface area contributed by atoms with E-state index in [0.717, 1.165) is 35.1 Å². The van der Waals surface area contributed by atoms with Crippen molar-refractivity contribution >= 4 is 52.0 Å². The van der Waals surface area contributed by atoms with Crippen molar-refractivity contribution in [3.05, 3.63) is 62.6 Å². The largest absolute Gasteiger partial charge is 0.487 e. The second-order valence-electron chi connectivity index (χ2n) is 6.64. The zero-order valence-corrected chi connectivity index (χ0v) is 17.6. The highest BCUT2D eigenvalue weighted by molar-refractivity contribution is 7.80. The zero-order chi connectivity index (χ0) is 18.7. The van der Waals surface area contributed by atoms with Gasteiger partial charge in [0.25, 0.3) is 0 Å². The maximum absolute atomic E-state index is 6.41. The first-order valence-corrected chi connectivity index (χ1v) is 10.1. The average Bonchev–Trinajstić information content (AvgIpc) is 2.62. The fourth-order valence-corrected chi connectivity index (χ4v) is 3.95. The fraction of sp³-hybridized carbons (Fsp3) is 0.350. The van der Waals surface area contributed by atoms with Gasteiger partial charge >= 0.3 is 0 Å². The molecule has 1 aliphatic heterocycles. The van der Waals surface area contributed by atoms with E-state index < -0.39 is 0 Å². The Kier molecular flexibility index (Phi) is 6.68. The number of hydrogen-bond donors (Lipinski definition) is 0. The summed E-state index contributed by atoms with van der Waals surface area (Å²) < 4.78 is 5.82. The van der Waals surface area contributed by atoms with E-state index in [4.69, 9.17) is 51.8 Å². The van der Waals surface area contributed by atoms with Crippen molar-refractivity contribution < 1.29 is 4.74 Å². The van der Waals surface area contributed by atoms with Crippen LogP contribution in [-0.2, 0) is 6.61 Å². The number of halogens is 3. The first-order chi connectivity index (χ1) is 12.4. The van der Waals surface area contributed by atoms with Crippen LogP contribution >= 0.6 is 47.0 Å². The van der Waals surface area contributed by atoms with Crippen LogP contribution in [0.2, 0.25) is 15.1 Å². The summed E-state index contributed by atoms with van der Waals surface area (Å²) in [7, 11) is 0. The van der Waals surface area contributed by atoms with Gasteiger partial charge in [-0.15, -0.1) is 0 Å². The van der Waals surface area contributed by atoms with Gasteiger partial charge < -0.3 is 9.64 Å². The molecular formula is C20H20Cl3NOS. The minimum absolute atomic E-state index is 0.323. The van der Waals surface area contributed by atoms with Crippen LogP contribution in [0.4, 0.5) is 0 Å². The van der Waals surface area contributed by atoms with Gasteiger partial charge in [0.15, 0.2) is 0 Å². The Balaban J connectivity index is 1.66. The second-order valence-corrected chi connectivity index (χ2v) is 8.28. The SMILES string of the molecule is CC1CCN(C(=S)c2ccc(OCc3ccc(Cl)cc3Cl)c(Cl)c2)CC1. The van der Waals surface area contributed by atoms with Gasteiger partial charge in [-0.25, -0.2) is 0 Å². The summed E-state index contributed by atoms with van der Waals surface area (Å²) in [5.41, 5.74) is 1.81. The average molecular weight is 429 g/mol. The Morgan fingerprint density at radius 1 is 1.08 bits per heavy atom. The van der Waals surface area contributed by atoms with E-state index in [9.17, 15) is 0 Å². The maximum Gasteiger partial charge on any atom is 0.138 e. The molecule has 0 aromatic heterocycles. The molecule has 1 saturated heterocycles. The molecule has 2 aromatic carbocycles. The third kappa shape index (κ3) is 4.83. The molecule has 1 heterocycles. The summed E-state index contributed by atoms with van der Waals surface area (Å²) in [4.78, 5) is 3.11. The van der Waals surface area contributed by atoms with Crippen molar-refractivity contribution in [2.24, 2.45) is 5.92 Å². The molecular weight excluding hydrogens is 409 g/mol. The Bertz CT molecular complexity index is 804. The molecule has 1 aliphatic rings. The lowest BCUT2D eigenvalue weighted by Gasteiger charge is -2.32. The predicted octanol–water partition coefficient (Wildman–Crippen LogP) is 6.63. The van der Waals surface area contributed by atoms with Crippen LogP contribution in [0, 0.1) is 5.92 Å². The third-order valence-electron chi connectivity index (χ3n) is 4.65. The van der Waals surface area contributed by atoms with Crippen molar-refractivity contribution in [2.45, 2.75) is 26.4 Å². The maximum atomic E-state index is 6.41. The number of ether oxygens (including phenoxy) is 1. The molecule has 0 saturated carbocycles. The summed E-state index contributed by atoms with van der Waals surface area (Å²) in [6.45, 7) is 4.62. The molecule has 138 valence electrons. The van der Waals surface area contributed by atoms with Crippen LogP contribution in [0.3, 0.4) is 0 Å². The smallest absolute Gasteiger partial charge is 0.138 e. The van der Waals surface area contributed by atoms with Crippen LogP contribution in [0.25, 0.3) is 0 Å². The molecule has 2 aromatic rings. The van der Waals surface area contributed by atoms with E-state index >= 15 is 0 Å². The summed E-state index contributed by atoms with van der Waals surface area (Å²) in [5.74, 6) is 1.38. The van der Waals surface area contributed by atoms with Crippen molar-refractivity contribution in [3.8, 4) is 5.75 Å². The summed E-state index contributed by atoms with van der Waals surface area (Å²) >= 11 is 24.2. The van der Waals surface area contributed by atoms with Crippen molar-refractivity contribution in [3.63, 3.8) is 0 Å². The highest BCUT2D eigenvalue weighted by Crippen LogP contribution is 2.29. The lowest BCUT2D eigenvalue weighted by Crippen LogP contribution is -2.37. The summed E-state index contributed by atoms with van der Waals surface area (Å²) in [5, 5.41) is 1.72. The van der Waals surface area contributed by atoms with E-state index in [2.05, 4.69) is 11.8 Å². The number of rotatable bonds is 4. The van der Waals surface area contributed by atoms with Crippen LogP contribution in [0.5, 0.6) is 5.75 Å². The summed E-state index contributed by atoms with van der Waals surface area (Å²) in [6.07, 6.45) is 2.35. The third-order valence-corrected chi connectivity index (χ3v) is 6.02. The van der Waals surface area contributed by atoms with Gasteiger partial charge in [-0.3, -0.25) is 0 Å². The fourth-order valence-electron chi connectivity index (χ4n) is 2.94. The monoisotopic (exact) mass is 427 g/mol. The van der Waals surface area contributed by atoms with E-state index in [-0.39, 0.29) is 0 Å². The molecule has 0 radical (unpaired) electrons. The van der Waals surface area contributed by atoms with Gasteiger partial charge in [0, 0.05) is 34.3 Å². The van der Waals surface area contributed by atoms with Gasteiger partial charge in [0.05, 0.1) is 5.02 Å². The number of nitrogens with zero attached hydrogens (tertiary/aromatic N) is 1. The van der Waals surface area contributed by atoms with E-state index in [1.54, 1.807) is 12.1 Å². The van der Waals surface area contributed by atoms with Gasteiger partial charge in [-0.1, -0.05) is 60.0 Å². The minimum Gasteiger partial charge on any atom is -0.487 e. The molecule has 0 spiro atoms. The lowest BCUT2D eigenvalue weighted by molar-refractivity contribution is 0.284. The van der Waals surface area contributed by atoms with Crippen LogP contribution in [-0.4, -0.2) is 23.0 Å². The van der Waals surface area contributed by atoms with Crippen molar-refractivity contribution in [1.29, 1.82) is 0 Å². The molecule has 0 aliphatic carbocycles. The molecule has 0 N–H and O–H groups in total. The number of benzene rings is 2. The first kappa shape index (κ1) is 19.8. The van der Waals surface area contributed by atoms with Crippen LogP contribution in [0.1, 0.15) is 30.9 Å². The van der Waals surface area contributed by atoms with Gasteiger partial charge in [0.1, 0.15) is 17.3 Å².